The van der Waals surface area contributed by atoms with Crippen LogP contribution in [0.15, 0.2) is 12.7 Å². The highest BCUT2D eigenvalue weighted by Gasteiger charge is 2.47. The van der Waals surface area contributed by atoms with Gasteiger partial charge in [0, 0.05) is 24.0 Å². The molecule has 2 aromatic heterocycles. The molecule has 5 rings (SSSR count). The highest BCUT2D eigenvalue weighted by Crippen LogP contribution is 2.67. The summed E-state index contributed by atoms with van der Waals surface area (Å²) in [4.78, 5) is 65.1. The lowest BCUT2D eigenvalue weighted by atomic mass is 10.0. The third kappa shape index (κ3) is 11.6. The van der Waals surface area contributed by atoms with E-state index in [1.807, 2.05) is 11.8 Å². The van der Waals surface area contributed by atoms with Crippen LogP contribution in [-0.4, -0.2) is 118 Å². The number of amides is 3. The molecule has 3 amide bonds. The smallest absolute Gasteiger partial charge is 0.387 e. The second kappa shape index (κ2) is 18.1. The van der Waals surface area contributed by atoms with Gasteiger partial charge in [-0.05, 0) is 25.7 Å². The monoisotopic (exact) mass is 832 g/mol. The lowest BCUT2D eigenvalue weighted by Gasteiger charge is -2.20. The summed E-state index contributed by atoms with van der Waals surface area (Å²) in [6.45, 7) is -0.890. The Morgan fingerprint density at radius 1 is 0.981 bits per heavy atom. The minimum atomic E-state index is -5.74. The zero-order valence-corrected chi connectivity index (χ0v) is 31.6. The number of urea groups is 1. The number of aliphatic hydroxyl groups excluding tert-OH is 2. The van der Waals surface area contributed by atoms with Crippen molar-refractivity contribution in [2.24, 2.45) is 0 Å². The summed E-state index contributed by atoms with van der Waals surface area (Å²) >= 11 is 1.83. The molecule has 0 aromatic carbocycles. The van der Waals surface area contributed by atoms with E-state index in [1.54, 1.807) is 0 Å². The number of anilines is 1. The van der Waals surface area contributed by atoms with Crippen LogP contribution in [0.25, 0.3) is 11.2 Å². The first-order valence-corrected chi connectivity index (χ1v) is 22.2. The number of nitrogens with two attached hydrogens (primary N) is 1. The predicted octanol–water partition coefficient (Wildman–Crippen LogP) is 0.798. The standard InChI is InChI=1S/C26H43N8O15P3S/c27-23-20-24(30-13-29-23)34(14-31-20)25-22(37)21(36)16(47-25)11-46-51(41,42)49-52(43,44)48-50(39,40)45-10-6-2-1-5-9-28-18(35)8-4-3-7-17-19-15(12-53-17)32-26(38)33-19/h13-17,19,21-22,25,36-37H,1-12H2,(H,28,35)(H,39,40)(H,41,42)(H,43,44)(H2,27,29,30)(H2,32,33,38)/t15-,16+,17-,19-,21+,22+,25+/m0/s1. The Balaban J connectivity index is 0.920. The molecule has 0 radical (unpaired) electrons. The maximum Gasteiger partial charge on any atom is 0.490 e. The molecular weight excluding hydrogens is 789 g/mol. The van der Waals surface area contributed by atoms with Crippen LogP contribution in [0.3, 0.4) is 0 Å². The van der Waals surface area contributed by atoms with Crippen molar-refractivity contribution in [1.82, 2.24) is 35.5 Å². The molecule has 27 heteroatoms. The molecule has 2 aromatic rings. The Labute approximate surface area is 306 Å². The molecule has 10 N–H and O–H groups in total. The number of nitrogens with one attached hydrogen (secondary N) is 3. The summed E-state index contributed by atoms with van der Waals surface area (Å²) in [5.41, 5.74) is 6.08. The van der Waals surface area contributed by atoms with E-state index in [1.165, 1.54) is 10.9 Å². The van der Waals surface area contributed by atoms with Gasteiger partial charge in [0.05, 0.1) is 31.6 Å². The highest BCUT2D eigenvalue weighted by molar-refractivity contribution is 8.00. The van der Waals surface area contributed by atoms with Crippen molar-refractivity contribution in [2.45, 2.75) is 93.2 Å². The fourth-order valence-corrected chi connectivity index (χ4v) is 11.1. The van der Waals surface area contributed by atoms with Crippen LogP contribution in [0, 0.1) is 0 Å². The van der Waals surface area contributed by atoms with E-state index in [4.69, 9.17) is 10.5 Å². The number of phosphoric ester groups is 2. The molecule has 3 aliphatic heterocycles. The van der Waals surface area contributed by atoms with Crippen LogP contribution in [0.1, 0.15) is 57.6 Å². The van der Waals surface area contributed by atoms with Crippen molar-refractivity contribution in [3.63, 3.8) is 0 Å². The van der Waals surface area contributed by atoms with Crippen molar-refractivity contribution in [2.75, 3.05) is 31.2 Å². The first-order valence-electron chi connectivity index (χ1n) is 16.6. The van der Waals surface area contributed by atoms with Gasteiger partial charge in [0.15, 0.2) is 17.7 Å². The van der Waals surface area contributed by atoms with Crippen LogP contribution in [0.4, 0.5) is 10.6 Å². The number of imidazole rings is 1. The van der Waals surface area contributed by atoms with E-state index in [0.717, 1.165) is 31.3 Å². The van der Waals surface area contributed by atoms with Crippen LogP contribution in [0.5, 0.6) is 0 Å². The van der Waals surface area contributed by atoms with E-state index >= 15 is 0 Å². The summed E-state index contributed by atoms with van der Waals surface area (Å²) in [7, 11) is -16.5. The number of carbonyl (C=O) groups is 2. The number of nitrogens with zero attached hydrogens (tertiary/aromatic N) is 4. The lowest BCUT2D eigenvalue weighted by Crippen LogP contribution is -2.36. The molecule has 23 nitrogen and oxygen atoms in total. The maximum absolute atomic E-state index is 12.4. The number of hydrogen-bond donors (Lipinski definition) is 9. The van der Waals surface area contributed by atoms with Crippen molar-refractivity contribution in [3.05, 3.63) is 12.7 Å². The highest BCUT2D eigenvalue weighted by atomic mass is 32.2. The van der Waals surface area contributed by atoms with Crippen LogP contribution in [0.2, 0.25) is 0 Å². The van der Waals surface area contributed by atoms with E-state index < -0.39 is 54.6 Å². The van der Waals surface area contributed by atoms with Gasteiger partial charge in [0.1, 0.15) is 30.2 Å². The van der Waals surface area contributed by atoms with E-state index in [-0.39, 0.29) is 54.0 Å². The van der Waals surface area contributed by atoms with E-state index in [2.05, 4.69) is 48.6 Å². The Morgan fingerprint density at radius 2 is 1.72 bits per heavy atom. The van der Waals surface area contributed by atoms with Gasteiger partial charge >= 0.3 is 29.5 Å². The SMILES string of the molecule is Nc1ncnc2c1ncn2[C@@H]1O[C@H](COP(=O)(O)OP(=O)(O)OP(=O)(O)OCCCCCCNC(=O)CCCC[C@@H]2SC[C@@H]3NC(=O)N[C@@H]32)[C@@H](O)[C@H]1O. The average Bonchev–Trinajstić information content (AvgIpc) is 3.83. The second-order valence-electron chi connectivity index (χ2n) is 12.5. The molecule has 10 atom stereocenters. The quantitative estimate of drug-likeness (QED) is 0.0477. The van der Waals surface area contributed by atoms with Crippen molar-refractivity contribution < 1.29 is 70.6 Å². The summed E-state index contributed by atoms with van der Waals surface area (Å²) < 4.78 is 61.1. The average molecular weight is 833 g/mol. The zero-order chi connectivity index (χ0) is 38.4. The fourth-order valence-electron chi connectivity index (χ4n) is 5.99. The van der Waals surface area contributed by atoms with Crippen molar-refractivity contribution in [1.29, 1.82) is 0 Å². The zero-order valence-electron chi connectivity index (χ0n) is 28.1. The molecule has 3 aliphatic rings. The Bertz CT molecular complexity index is 1740. The van der Waals surface area contributed by atoms with Gasteiger partial charge in [-0.2, -0.15) is 20.4 Å². The molecule has 3 saturated heterocycles. The molecule has 53 heavy (non-hydrogen) atoms. The molecule has 298 valence electrons. The summed E-state index contributed by atoms with van der Waals surface area (Å²) in [6, 6.07) is 0.193. The molecule has 3 unspecified atom stereocenters. The number of unbranched alkanes of at least 4 members (excludes halogenated alkanes) is 4. The minimum absolute atomic E-state index is 0.0409. The molecule has 3 fully saturated rings. The topological polar surface area (TPSA) is 338 Å². The van der Waals surface area contributed by atoms with Crippen LogP contribution < -0.4 is 21.7 Å². The number of fused-ring (bicyclic) bond motifs is 2. The number of rotatable bonds is 21. The fraction of sp³-hybridized carbons (Fsp3) is 0.731. The van der Waals surface area contributed by atoms with Gasteiger partial charge < -0.3 is 51.3 Å². The first kappa shape index (κ1) is 41.9. The van der Waals surface area contributed by atoms with Crippen molar-refractivity contribution in [3.8, 4) is 0 Å². The first-order chi connectivity index (χ1) is 25.0. The number of ether oxygens (including phenoxy) is 1. The largest absolute Gasteiger partial charge is 0.490 e. The number of carbonyl (C=O) groups excluding carboxylic acids is 2. The van der Waals surface area contributed by atoms with Crippen LogP contribution in [-0.2, 0) is 40.9 Å². The molecule has 5 heterocycles. The minimum Gasteiger partial charge on any atom is -0.387 e. The summed E-state index contributed by atoms with van der Waals surface area (Å²) in [5, 5.41) is 30.0. The number of hydrogen-bond acceptors (Lipinski definition) is 17. The number of nitrogen functional groups attached to an aromatic ring is 1. The maximum atomic E-state index is 12.4. The third-order valence-corrected chi connectivity index (χ3v) is 14.3. The van der Waals surface area contributed by atoms with Gasteiger partial charge in [0.25, 0.3) is 0 Å². The second-order valence-corrected chi connectivity index (χ2v) is 18.4. The van der Waals surface area contributed by atoms with E-state index in [9.17, 15) is 48.2 Å². The predicted molar refractivity (Wildman–Crippen MR) is 185 cm³/mol. The van der Waals surface area contributed by atoms with Gasteiger partial charge in [-0.15, -0.1) is 0 Å². The number of aliphatic hydroxyl groups is 2. The molecule has 0 saturated carbocycles. The number of aromatic nitrogens is 4. The third-order valence-electron chi connectivity index (χ3n) is 8.54. The van der Waals surface area contributed by atoms with Gasteiger partial charge in [-0.25, -0.2) is 33.4 Å². The Hall–Kier alpha value is -2.27. The summed E-state index contributed by atoms with van der Waals surface area (Å²) in [5.74, 6) is 0.867. The number of phosphoric acid groups is 3. The molecular formula is C26H43N8O15P3S. The van der Waals surface area contributed by atoms with Crippen LogP contribution >= 0.6 is 35.2 Å². The van der Waals surface area contributed by atoms with Gasteiger partial charge in [-0.1, -0.05) is 19.3 Å². The molecule has 0 aliphatic carbocycles. The normalized spacial score (nSPS) is 28.8. The molecule has 0 spiro atoms. The molecule has 0 bridgehead atoms. The Kier molecular flexibility index (Phi) is 14.3. The van der Waals surface area contributed by atoms with Crippen molar-refractivity contribution >= 4 is 64.2 Å². The Morgan fingerprint density at radius 3 is 2.49 bits per heavy atom. The lowest BCUT2D eigenvalue weighted by molar-refractivity contribution is -0.121. The van der Waals surface area contributed by atoms with E-state index in [0.29, 0.717) is 37.5 Å². The number of thioether (sulfide) groups is 1. The van der Waals surface area contributed by atoms with Gasteiger partial charge in [0.2, 0.25) is 5.91 Å². The summed E-state index contributed by atoms with van der Waals surface area (Å²) in [6.07, 6.45) is 1.22. The van der Waals surface area contributed by atoms with Gasteiger partial charge in [-0.3, -0.25) is 18.4 Å².